The Morgan fingerprint density at radius 1 is 1.25 bits per heavy atom. The fraction of sp³-hybridized carbons (Fsp3) is 0.320. The number of nitrogens with one attached hydrogen (secondary N) is 1. The van der Waals surface area contributed by atoms with Gasteiger partial charge in [0.1, 0.15) is 5.82 Å². The van der Waals surface area contributed by atoms with Crippen molar-refractivity contribution >= 4 is 17.7 Å². The molecule has 1 unspecified atom stereocenters. The fourth-order valence-electron chi connectivity index (χ4n) is 4.39. The Bertz CT molecular complexity index is 1340. The predicted molar refractivity (Wildman–Crippen MR) is 131 cm³/mol. The lowest BCUT2D eigenvalue weighted by atomic mass is 9.90. The van der Waals surface area contributed by atoms with E-state index in [1.807, 2.05) is 6.92 Å². The molecule has 3 aromatic rings. The van der Waals surface area contributed by atoms with Crippen molar-refractivity contribution in [3.63, 3.8) is 0 Å². The number of nitrogens with two attached hydrogens (primary N) is 1. The number of carbonyl (C=O) groups excluding carboxylic acids is 1. The molecule has 1 fully saturated rings. The van der Waals surface area contributed by atoms with Crippen LogP contribution in [0.2, 0.25) is 0 Å². The molecule has 10 nitrogen and oxygen atoms in total. The quantitative estimate of drug-likeness (QED) is 0.503. The zero-order valence-corrected chi connectivity index (χ0v) is 20.0. The number of nitrogen functional groups attached to an aromatic ring is 1. The second-order valence-electron chi connectivity index (χ2n) is 8.63. The zero-order chi connectivity index (χ0) is 25.2. The fourth-order valence-corrected chi connectivity index (χ4v) is 4.39. The zero-order valence-electron chi connectivity index (χ0n) is 20.0. The molecule has 4 heterocycles. The smallest absolute Gasteiger partial charge is 0.263 e. The third-order valence-electron chi connectivity index (χ3n) is 6.28. The Labute approximate surface area is 207 Å². The number of oxime groups is 1. The second-order valence-corrected chi connectivity index (χ2v) is 8.63. The van der Waals surface area contributed by atoms with Crippen LogP contribution in [0, 0.1) is 12.7 Å². The van der Waals surface area contributed by atoms with E-state index in [0.29, 0.717) is 46.3 Å². The van der Waals surface area contributed by atoms with Crippen LogP contribution < -0.4 is 15.8 Å². The first-order valence-corrected chi connectivity index (χ1v) is 11.6. The van der Waals surface area contributed by atoms with Crippen LogP contribution in [0.3, 0.4) is 0 Å². The Balaban J connectivity index is 1.51. The molecule has 2 aromatic heterocycles. The SMILES string of the molecule is COc1cccc(-c2cc(F)ccc2C2Cc3nc(N)nc(C)c3/C(=N/OCC(=O)N3CCC3)N2)n1. The Kier molecular flexibility index (Phi) is 6.36. The molecule has 2 aliphatic rings. The summed E-state index contributed by atoms with van der Waals surface area (Å²) in [4.78, 5) is 32.6. The minimum Gasteiger partial charge on any atom is -0.481 e. The Hall–Kier alpha value is -4.28. The minimum absolute atomic E-state index is 0.117. The number of ether oxygens (including phenoxy) is 1. The third-order valence-corrected chi connectivity index (χ3v) is 6.28. The van der Waals surface area contributed by atoms with Gasteiger partial charge < -0.3 is 25.5 Å². The topological polar surface area (TPSA) is 128 Å². The van der Waals surface area contributed by atoms with Gasteiger partial charge in [0.2, 0.25) is 11.8 Å². The third kappa shape index (κ3) is 4.64. The minimum atomic E-state index is -0.390. The molecule has 0 radical (unpaired) electrons. The molecule has 11 heteroatoms. The van der Waals surface area contributed by atoms with Crippen molar-refractivity contribution < 1.29 is 18.8 Å². The molecule has 186 valence electrons. The molecule has 1 saturated heterocycles. The van der Waals surface area contributed by atoms with Crippen LogP contribution in [-0.2, 0) is 16.1 Å². The Morgan fingerprint density at radius 2 is 2.08 bits per heavy atom. The number of aryl methyl sites for hydroxylation is 1. The van der Waals surface area contributed by atoms with Crippen molar-refractivity contribution in [1.82, 2.24) is 25.2 Å². The van der Waals surface area contributed by atoms with Gasteiger partial charge in [0.15, 0.2) is 12.4 Å². The van der Waals surface area contributed by atoms with Crippen LogP contribution in [0.5, 0.6) is 5.88 Å². The first kappa shape index (κ1) is 23.5. The van der Waals surface area contributed by atoms with E-state index in [1.165, 1.54) is 19.2 Å². The number of hydrogen-bond donors (Lipinski definition) is 2. The van der Waals surface area contributed by atoms with Crippen molar-refractivity contribution in [3.8, 4) is 17.1 Å². The van der Waals surface area contributed by atoms with Crippen molar-refractivity contribution in [2.75, 3.05) is 32.5 Å². The normalized spacial score (nSPS) is 17.7. The standard InChI is InChI=1S/C25H26FN7O3/c1-14-23-20(31-25(27)28-14)12-19(30-24(23)32-36-13-22(34)33-9-4-10-33)16-8-7-15(26)11-17(16)18-5-3-6-21(29-18)35-2/h3,5-8,11,19H,4,9-10,12-13H2,1-2H3,(H,30,32)(H2,27,28,31). The first-order valence-electron chi connectivity index (χ1n) is 11.6. The average molecular weight is 492 g/mol. The maximum absolute atomic E-state index is 14.3. The van der Waals surface area contributed by atoms with Crippen LogP contribution in [0.15, 0.2) is 41.6 Å². The van der Waals surface area contributed by atoms with Crippen LogP contribution in [-0.4, -0.2) is 58.4 Å². The van der Waals surface area contributed by atoms with Crippen molar-refractivity contribution in [3.05, 3.63) is 64.7 Å². The van der Waals surface area contributed by atoms with Crippen LogP contribution in [0.1, 0.15) is 35.0 Å². The van der Waals surface area contributed by atoms with Gasteiger partial charge in [-0.25, -0.2) is 19.3 Å². The van der Waals surface area contributed by atoms with E-state index in [4.69, 9.17) is 15.3 Å². The average Bonchev–Trinajstić information content (AvgIpc) is 2.82. The number of likely N-dealkylation sites (tertiary alicyclic amines) is 1. The summed E-state index contributed by atoms with van der Waals surface area (Å²) in [6.07, 6.45) is 1.44. The molecule has 0 bridgehead atoms. The van der Waals surface area contributed by atoms with Gasteiger partial charge in [-0.2, -0.15) is 0 Å². The molecular formula is C25H26FN7O3. The van der Waals surface area contributed by atoms with Crippen molar-refractivity contribution in [2.45, 2.75) is 25.8 Å². The number of carbonyl (C=O) groups is 1. The lowest BCUT2D eigenvalue weighted by Crippen LogP contribution is -2.44. The molecule has 3 N–H and O–H groups in total. The summed E-state index contributed by atoms with van der Waals surface area (Å²) >= 11 is 0. The highest BCUT2D eigenvalue weighted by molar-refractivity contribution is 6.01. The van der Waals surface area contributed by atoms with E-state index in [0.717, 1.165) is 25.1 Å². The molecular weight excluding hydrogens is 465 g/mol. The molecule has 1 amide bonds. The number of rotatable bonds is 6. The summed E-state index contributed by atoms with van der Waals surface area (Å²) in [5, 5.41) is 7.62. The van der Waals surface area contributed by atoms with Crippen molar-refractivity contribution in [1.29, 1.82) is 0 Å². The monoisotopic (exact) mass is 491 g/mol. The van der Waals surface area contributed by atoms with E-state index in [-0.39, 0.29) is 24.5 Å². The van der Waals surface area contributed by atoms with Gasteiger partial charge in [0.25, 0.3) is 5.91 Å². The molecule has 0 saturated carbocycles. The highest BCUT2D eigenvalue weighted by Crippen LogP contribution is 2.34. The highest BCUT2D eigenvalue weighted by Gasteiger charge is 2.30. The Morgan fingerprint density at radius 3 is 2.83 bits per heavy atom. The van der Waals surface area contributed by atoms with E-state index < -0.39 is 5.82 Å². The second kappa shape index (κ2) is 9.76. The maximum atomic E-state index is 14.3. The van der Waals surface area contributed by atoms with E-state index in [1.54, 1.807) is 29.2 Å². The van der Waals surface area contributed by atoms with Crippen LogP contribution in [0.4, 0.5) is 10.3 Å². The lowest BCUT2D eigenvalue weighted by Gasteiger charge is -2.31. The molecule has 36 heavy (non-hydrogen) atoms. The van der Waals surface area contributed by atoms with E-state index in [9.17, 15) is 9.18 Å². The number of amides is 1. The van der Waals surface area contributed by atoms with Gasteiger partial charge in [0, 0.05) is 31.1 Å². The summed E-state index contributed by atoms with van der Waals surface area (Å²) < 4.78 is 19.6. The number of benzene rings is 1. The maximum Gasteiger partial charge on any atom is 0.263 e. The van der Waals surface area contributed by atoms with Gasteiger partial charge in [-0.15, -0.1) is 0 Å². The molecule has 0 spiro atoms. The number of anilines is 1. The highest BCUT2D eigenvalue weighted by atomic mass is 19.1. The van der Waals surface area contributed by atoms with Crippen LogP contribution in [0.25, 0.3) is 11.3 Å². The molecule has 1 atom stereocenters. The number of aromatic nitrogens is 3. The predicted octanol–water partition coefficient (Wildman–Crippen LogP) is 2.37. The number of amidine groups is 1. The van der Waals surface area contributed by atoms with Gasteiger partial charge in [-0.05, 0) is 37.1 Å². The van der Waals surface area contributed by atoms with Gasteiger partial charge >= 0.3 is 0 Å². The van der Waals surface area contributed by atoms with Crippen molar-refractivity contribution in [2.24, 2.45) is 5.16 Å². The number of nitrogens with zero attached hydrogens (tertiary/aromatic N) is 5. The van der Waals surface area contributed by atoms with Gasteiger partial charge in [-0.3, -0.25) is 4.79 Å². The summed E-state index contributed by atoms with van der Waals surface area (Å²) in [5.41, 5.74) is 9.86. The van der Waals surface area contributed by atoms with Gasteiger partial charge in [-0.1, -0.05) is 17.3 Å². The largest absolute Gasteiger partial charge is 0.481 e. The summed E-state index contributed by atoms with van der Waals surface area (Å²) in [6, 6.07) is 9.50. The lowest BCUT2D eigenvalue weighted by molar-refractivity contribution is -0.139. The molecule has 1 aromatic carbocycles. The number of hydrogen-bond acceptors (Lipinski definition) is 8. The number of methoxy groups -OCH3 is 1. The van der Waals surface area contributed by atoms with E-state index >= 15 is 0 Å². The summed E-state index contributed by atoms with van der Waals surface area (Å²) in [6.45, 7) is 3.11. The van der Waals surface area contributed by atoms with Crippen LogP contribution >= 0.6 is 0 Å². The number of halogens is 1. The number of pyridine rings is 1. The summed E-state index contributed by atoms with van der Waals surface area (Å²) in [7, 11) is 1.53. The molecule has 5 rings (SSSR count). The summed E-state index contributed by atoms with van der Waals surface area (Å²) in [5.74, 6) is 0.438. The number of fused-ring (bicyclic) bond motifs is 1. The first-order chi connectivity index (χ1) is 17.4. The molecule has 2 aliphatic heterocycles. The van der Waals surface area contributed by atoms with E-state index in [2.05, 4.69) is 25.4 Å². The van der Waals surface area contributed by atoms with Gasteiger partial charge in [0.05, 0.1) is 35.8 Å². The molecule has 0 aliphatic carbocycles.